The monoisotopic (exact) mass is 369 g/mol. The molecular formula is C19H19N3O5. The number of rotatable bonds is 6. The summed E-state index contributed by atoms with van der Waals surface area (Å²) in [4.78, 5) is 36.5. The van der Waals surface area contributed by atoms with Gasteiger partial charge in [0, 0.05) is 19.0 Å². The standard InChI is InChI=1S/C19H19N3O5/c1-13-8-9-17(16(11-13)22(25)26)27-12-18(23)20-14-5-2-3-6-15(14)21-10-4-7-19(21)24/h2-3,5-6,8-9,11H,4,7,10,12H2,1H3,(H,20,23). The summed E-state index contributed by atoms with van der Waals surface area (Å²) < 4.78 is 5.34. The van der Waals surface area contributed by atoms with Crippen LogP contribution in [0.2, 0.25) is 0 Å². The van der Waals surface area contributed by atoms with Gasteiger partial charge in [-0.15, -0.1) is 0 Å². The maximum absolute atomic E-state index is 12.3. The predicted molar refractivity (Wildman–Crippen MR) is 100.0 cm³/mol. The number of carbonyl (C=O) groups is 2. The highest BCUT2D eigenvalue weighted by atomic mass is 16.6. The van der Waals surface area contributed by atoms with Crippen LogP contribution in [0.5, 0.6) is 5.75 Å². The highest BCUT2D eigenvalue weighted by Crippen LogP contribution is 2.30. The van der Waals surface area contributed by atoms with Crippen LogP contribution < -0.4 is 15.0 Å². The molecule has 2 aromatic carbocycles. The summed E-state index contributed by atoms with van der Waals surface area (Å²) in [5.74, 6) is -0.420. The first-order valence-electron chi connectivity index (χ1n) is 8.53. The van der Waals surface area contributed by atoms with Crippen LogP contribution in [0.15, 0.2) is 42.5 Å². The molecule has 27 heavy (non-hydrogen) atoms. The van der Waals surface area contributed by atoms with E-state index in [4.69, 9.17) is 4.74 Å². The number of nitrogens with one attached hydrogen (secondary N) is 1. The molecule has 2 aromatic rings. The first-order valence-corrected chi connectivity index (χ1v) is 8.53. The Morgan fingerprint density at radius 2 is 2.07 bits per heavy atom. The van der Waals surface area contributed by atoms with Gasteiger partial charge in [-0.05, 0) is 37.1 Å². The first-order chi connectivity index (χ1) is 13.0. The number of carbonyl (C=O) groups excluding carboxylic acids is 2. The molecule has 2 amide bonds. The summed E-state index contributed by atoms with van der Waals surface area (Å²) in [5.41, 5.74) is 1.67. The Morgan fingerprint density at radius 1 is 1.30 bits per heavy atom. The van der Waals surface area contributed by atoms with Crippen LogP contribution in [-0.2, 0) is 9.59 Å². The second-order valence-electron chi connectivity index (χ2n) is 6.23. The Balaban J connectivity index is 1.69. The zero-order chi connectivity index (χ0) is 19.4. The molecule has 0 spiro atoms. The molecule has 0 aliphatic carbocycles. The Labute approximate surface area is 155 Å². The van der Waals surface area contributed by atoms with Gasteiger partial charge in [-0.2, -0.15) is 0 Å². The average molecular weight is 369 g/mol. The summed E-state index contributed by atoms with van der Waals surface area (Å²) in [5, 5.41) is 13.8. The normalized spacial score (nSPS) is 13.5. The second-order valence-corrected chi connectivity index (χ2v) is 6.23. The Kier molecular flexibility index (Phi) is 5.35. The third kappa shape index (κ3) is 4.22. The third-order valence-corrected chi connectivity index (χ3v) is 4.21. The van der Waals surface area contributed by atoms with E-state index >= 15 is 0 Å². The van der Waals surface area contributed by atoms with E-state index in [1.807, 2.05) is 0 Å². The van der Waals surface area contributed by atoms with Crippen molar-refractivity contribution in [3.8, 4) is 5.75 Å². The Morgan fingerprint density at radius 3 is 2.78 bits per heavy atom. The van der Waals surface area contributed by atoms with Gasteiger partial charge in [0.2, 0.25) is 5.91 Å². The molecule has 8 heteroatoms. The number of ether oxygens (including phenoxy) is 1. The molecule has 1 N–H and O–H groups in total. The van der Waals surface area contributed by atoms with E-state index in [9.17, 15) is 19.7 Å². The largest absolute Gasteiger partial charge is 0.477 e. The minimum absolute atomic E-state index is 0.0169. The van der Waals surface area contributed by atoms with E-state index in [-0.39, 0.29) is 24.0 Å². The van der Waals surface area contributed by atoms with Crippen LogP contribution in [0, 0.1) is 17.0 Å². The van der Waals surface area contributed by atoms with Gasteiger partial charge in [0.15, 0.2) is 12.4 Å². The summed E-state index contributed by atoms with van der Waals surface area (Å²) in [6, 6.07) is 11.6. The number of nitrogens with zero attached hydrogens (tertiary/aromatic N) is 2. The molecule has 1 saturated heterocycles. The summed E-state index contributed by atoms with van der Waals surface area (Å²) >= 11 is 0. The smallest absolute Gasteiger partial charge is 0.311 e. The summed E-state index contributed by atoms with van der Waals surface area (Å²) in [6.07, 6.45) is 1.27. The number of para-hydroxylation sites is 2. The molecule has 8 nitrogen and oxygen atoms in total. The molecule has 0 unspecified atom stereocenters. The van der Waals surface area contributed by atoms with Crippen LogP contribution >= 0.6 is 0 Å². The number of nitro benzene ring substituents is 1. The van der Waals surface area contributed by atoms with Crippen molar-refractivity contribution in [3.05, 3.63) is 58.1 Å². The lowest BCUT2D eigenvalue weighted by Crippen LogP contribution is -2.27. The van der Waals surface area contributed by atoms with Crippen LogP contribution in [0.25, 0.3) is 0 Å². The highest BCUT2D eigenvalue weighted by molar-refractivity contribution is 6.02. The van der Waals surface area contributed by atoms with E-state index in [1.54, 1.807) is 42.2 Å². The van der Waals surface area contributed by atoms with Crippen molar-refractivity contribution in [1.82, 2.24) is 0 Å². The van der Waals surface area contributed by atoms with Crippen molar-refractivity contribution in [1.29, 1.82) is 0 Å². The summed E-state index contributed by atoms with van der Waals surface area (Å²) in [7, 11) is 0. The zero-order valence-corrected chi connectivity index (χ0v) is 14.8. The van der Waals surface area contributed by atoms with E-state index in [0.29, 0.717) is 24.3 Å². The molecule has 1 aliphatic heterocycles. The lowest BCUT2D eigenvalue weighted by molar-refractivity contribution is -0.385. The molecule has 140 valence electrons. The number of anilines is 2. The van der Waals surface area contributed by atoms with E-state index in [1.165, 1.54) is 12.1 Å². The number of amides is 2. The quantitative estimate of drug-likeness (QED) is 0.623. The van der Waals surface area contributed by atoms with E-state index in [2.05, 4.69) is 5.32 Å². The Bertz CT molecular complexity index is 897. The maximum atomic E-state index is 12.3. The minimum atomic E-state index is -0.547. The van der Waals surface area contributed by atoms with Crippen molar-refractivity contribution in [2.24, 2.45) is 0 Å². The molecular weight excluding hydrogens is 350 g/mol. The average Bonchev–Trinajstić information content (AvgIpc) is 3.07. The van der Waals surface area contributed by atoms with Gasteiger partial charge in [-0.25, -0.2) is 0 Å². The van der Waals surface area contributed by atoms with Crippen LogP contribution in [0.4, 0.5) is 17.1 Å². The maximum Gasteiger partial charge on any atom is 0.311 e. The fourth-order valence-corrected chi connectivity index (χ4v) is 2.94. The second kappa shape index (κ2) is 7.86. The molecule has 0 bridgehead atoms. The molecule has 3 rings (SSSR count). The van der Waals surface area contributed by atoms with Crippen molar-refractivity contribution in [2.75, 3.05) is 23.4 Å². The fraction of sp³-hybridized carbons (Fsp3) is 0.263. The van der Waals surface area contributed by atoms with Crippen molar-refractivity contribution in [3.63, 3.8) is 0 Å². The first kappa shape index (κ1) is 18.4. The van der Waals surface area contributed by atoms with Gasteiger partial charge in [0.05, 0.1) is 16.3 Å². The van der Waals surface area contributed by atoms with Gasteiger partial charge < -0.3 is 15.0 Å². The van der Waals surface area contributed by atoms with Crippen LogP contribution in [0.3, 0.4) is 0 Å². The van der Waals surface area contributed by atoms with Crippen molar-refractivity contribution >= 4 is 28.9 Å². The highest BCUT2D eigenvalue weighted by Gasteiger charge is 2.24. The van der Waals surface area contributed by atoms with Crippen molar-refractivity contribution in [2.45, 2.75) is 19.8 Å². The third-order valence-electron chi connectivity index (χ3n) is 4.21. The van der Waals surface area contributed by atoms with Crippen molar-refractivity contribution < 1.29 is 19.2 Å². The van der Waals surface area contributed by atoms with Gasteiger partial charge in [0.1, 0.15) is 0 Å². The van der Waals surface area contributed by atoms with Gasteiger partial charge in [0.25, 0.3) is 5.91 Å². The number of benzene rings is 2. The van der Waals surface area contributed by atoms with Crippen LogP contribution in [-0.4, -0.2) is 29.9 Å². The van der Waals surface area contributed by atoms with Gasteiger partial charge in [-0.1, -0.05) is 18.2 Å². The number of hydrogen-bond donors (Lipinski definition) is 1. The molecule has 1 fully saturated rings. The number of aryl methyl sites for hydroxylation is 1. The lowest BCUT2D eigenvalue weighted by Gasteiger charge is -2.20. The zero-order valence-electron chi connectivity index (χ0n) is 14.8. The number of hydrogen-bond acceptors (Lipinski definition) is 5. The molecule has 0 radical (unpaired) electrons. The van der Waals surface area contributed by atoms with E-state index in [0.717, 1.165) is 12.0 Å². The van der Waals surface area contributed by atoms with E-state index < -0.39 is 10.8 Å². The topological polar surface area (TPSA) is 102 Å². The molecule has 0 saturated carbocycles. The minimum Gasteiger partial charge on any atom is -0.477 e. The molecule has 1 aliphatic rings. The van der Waals surface area contributed by atoms with Gasteiger partial charge in [-0.3, -0.25) is 19.7 Å². The van der Waals surface area contributed by atoms with Crippen LogP contribution in [0.1, 0.15) is 18.4 Å². The number of nitro groups is 1. The predicted octanol–water partition coefficient (Wildman–Crippen LogP) is 3.05. The van der Waals surface area contributed by atoms with Gasteiger partial charge >= 0.3 is 5.69 Å². The SMILES string of the molecule is Cc1ccc(OCC(=O)Nc2ccccc2N2CCCC2=O)c([N+](=O)[O-])c1. The molecule has 0 aromatic heterocycles. The molecule has 1 heterocycles. The fourth-order valence-electron chi connectivity index (χ4n) is 2.94. The summed E-state index contributed by atoms with van der Waals surface area (Å²) in [6.45, 7) is 1.96. The molecule has 0 atom stereocenters. The Hall–Kier alpha value is -3.42. The lowest BCUT2D eigenvalue weighted by atomic mass is 10.2.